The van der Waals surface area contributed by atoms with Crippen LogP contribution in [0, 0.1) is 6.92 Å². The first kappa shape index (κ1) is 24.9. The van der Waals surface area contributed by atoms with Crippen LogP contribution in [-0.4, -0.2) is 33.1 Å². The third-order valence-corrected chi connectivity index (χ3v) is 7.08. The van der Waals surface area contributed by atoms with Crippen LogP contribution in [0.4, 0.5) is 11.5 Å². The maximum Gasteiger partial charge on any atom is 0.262 e. The Balaban J connectivity index is 1.33. The Kier molecular flexibility index (Phi) is 6.52. The number of fused-ring (bicyclic) bond motifs is 1. The lowest BCUT2D eigenvalue weighted by molar-refractivity contribution is 0.0915. The fourth-order valence-corrected chi connectivity index (χ4v) is 4.86. The number of nitrogens with zero attached hydrogens (tertiary/aromatic N) is 2. The number of anilines is 2. The highest BCUT2D eigenvalue weighted by molar-refractivity contribution is 7.20. The molecule has 0 radical (unpaired) electrons. The summed E-state index contributed by atoms with van der Waals surface area (Å²) >= 11 is 1.22. The standard InChI is InChI=1S/C27H24N6O4S/c1-15-19(14-28-37-15)24(35)29-20-12-8-7-11-17(20)23(34)30-22-18-13-21(38-26(18)33-32-22)25(36)31-27(2,3)16-9-5-4-6-10-16/h4-14H,1-3H3,(H,29,35)(H,31,36)(H2,30,32,33,34). The van der Waals surface area contributed by atoms with Crippen LogP contribution in [0.25, 0.3) is 10.2 Å². The molecule has 0 saturated carbocycles. The second kappa shape index (κ2) is 9.94. The Morgan fingerprint density at radius 1 is 0.921 bits per heavy atom. The first-order chi connectivity index (χ1) is 18.2. The number of carbonyl (C=O) groups is 3. The van der Waals surface area contributed by atoms with Crippen molar-refractivity contribution in [1.82, 2.24) is 20.7 Å². The van der Waals surface area contributed by atoms with Crippen LogP contribution in [0.5, 0.6) is 0 Å². The molecule has 0 saturated heterocycles. The summed E-state index contributed by atoms with van der Waals surface area (Å²) in [5.74, 6) is -0.431. The molecule has 2 aromatic carbocycles. The number of thiophene rings is 1. The van der Waals surface area contributed by atoms with Gasteiger partial charge >= 0.3 is 0 Å². The van der Waals surface area contributed by atoms with Gasteiger partial charge in [-0.05, 0) is 44.5 Å². The number of rotatable bonds is 7. The zero-order valence-electron chi connectivity index (χ0n) is 20.8. The fourth-order valence-electron chi connectivity index (χ4n) is 3.97. The molecule has 4 N–H and O–H groups in total. The van der Waals surface area contributed by atoms with E-state index in [-0.39, 0.29) is 17.0 Å². The molecular formula is C27H24N6O4S. The van der Waals surface area contributed by atoms with Crippen LogP contribution in [0.15, 0.2) is 71.4 Å². The van der Waals surface area contributed by atoms with Crippen LogP contribution >= 0.6 is 11.3 Å². The predicted octanol–water partition coefficient (Wildman–Crippen LogP) is 5.09. The molecule has 0 unspecified atom stereocenters. The van der Waals surface area contributed by atoms with Crippen molar-refractivity contribution >= 4 is 50.8 Å². The summed E-state index contributed by atoms with van der Waals surface area (Å²) in [5.41, 5.74) is 1.24. The van der Waals surface area contributed by atoms with Gasteiger partial charge in [-0.15, -0.1) is 11.3 Å². The van der Waals surface area contributed by atoms with Crippen molar-refractivity contribution in [2.75, 3.05) is 10.6 Å². The highest BCUT2D eigenvalue weighted by Crippen LogP contribution is 2.31. The lowest BCUT2D eigenvalue weighted by atomic mass is 9.94. The lowest BCUT2D eigenvalue weighted by Gasteiger charge is -2.26. The van der Waals surface area contributed by atoms with Crippen molar-refractivity contribution in [3.05, 3.63) is 94.2 Å². The minimum Gasteiger partial charge on any atom is -0.361 e. The Morgan fingerprint density at radius 2 is 1.63 bits per heavy atom. The van der Waals surface area contributed by atoms with E-state index in [9.17, 15) is 14.4 Å². The monoisotopic (exact) mass is 528 g/mol. The number of hydrogen-bond donors (Lipinski definition) is 4. The van der Waals surface area contributed by atoms with Crippen LogP contribution in [0.1, 0.15) is 55.6 Å². The van der Waals surface area contributed by atoms with Gasteiger partial charge in [-0.1, -0.05) is 47.6 Å². The van der Waals surface area contributed by atoms with Crippen molar-refractivity contribution in [3.63, 3.8) is 0 Å². The molecule has 10 nitrogen and oxygen atoms in total. The molecule has 0 spiro atoms. The van der Waals surface area contributed by atoms with Crippen molar-refractivity contribution in [3.8, 4) is 0 Å². The Labute approximate surface area is 221 Å². The van der Waals surface area contributed by atoms with E-state index in [1.54, 1.807) is 37.3 Å². The normalized spacial score (nSPS) is 11.3. The van der Waals surface area contributed by atoms with Gasteiger partial charge in [-0.2, -0.15) is 5.10 Å². The van der Waals surface area contributed by atoms with E-state index in [2.05, 4.69) is 31.3 Å². The van der Waals surface area contributed by atoms with Gasteiger partial charge in [0, 0.05) is 0 Å². The highest BCUT2D eigenvalue weighted by Gasteiger charge is 2.25. The summed E-state index contributed by atoms with van der Waals surface area (Å²) in [6.07, 6.45) is 1.32. The number of carbonyl (C=O) groups excluding carboxylic acids is 3. The molecule has 0 fully saturated rings. The number of aryl methyl sites for hydroxylation is 1. The van der Waals surface area contributed by atoms with Gasteiger partial charge in [0.2, 0.25) is 0 Å². The predicted molar refractivity (Wildman–Crippen MR) is 144 cm³/mol. The smallest absolute Gasteiger partial charge is 0.262 e. The molecule has 192 valence electrons. The molecule has 5 aromatic rings. The number of para-hydroxylation sites is 1. The molecule has 3 heterocycles. The van der Waals surface area contributed by atoms with Crippen molar-refractivity contribution in [2.45, 2.75) is 26.3 Å². The van der Waals surface area contributed by atoms with Gasteiger partial charge in [0.15, 0.2) is 0 Å². The maximum atomic E-state index is 13.2. The van der Waals surface area contributed by atoms with Crippen LogP contribution in [0.2, 0.25) is 0 Å². The average Bonchev–Trinajstić information content (AvgIpc) is 3.62. The Bertz CT molecular complexity index is 1650. The van der Waals surface area contributed by atoms with E-state index in [0.29, 0.717) is 32.4 Å². The van der Waals surface area contributed by atoms with E-state index in [1.165, 1.54) is 17.5 Å². The topological polar surface area (TPSA) is 142 Å². The molecular weight excluding hydrogens is 504 g/mol. The molecule has 0 aliphatic heterocycles. The van der Waals surface area contributed by atoms with E-state index in [0.717, 1.165) is 5.56 Å². The Morgan fingerprint density at radius 3 is 2.37 bits per heavy atom. The van der Waals surface area contributed by atoms with Gasteiger partial charge in [0.1, 0.15) is 22.0 Å². The van der Waals surface area contributed by atoms with Gasteiger partial charge < -0.3 is 20.5 Å². The number of hydrogen-bond acceptors (Lipinski definition) is 7. The number of aromatic amines is 1. The minimum absolute atomic E-state index is 0.240. The summed E-state index contributed by atoms with van der Waals surface area (Å²) in [7, 11) is 0. The van der Waals surface area contributed by atoms with Crippen LogP contribution < -0.4 is 16.0 Å². The average molecular weight is 529 g/mol. The second-order valence-electron chi connectivity index (χ2n) is 9.12. The highest BCUT2D eigenvalue weighted by atomic mass is 32.1. The lowest BCUT2D eigenvalue weighted by Crippen LogP contribution is -2.40. The number of amides is 3. The quantitative estimate of drug-likeness (QED) is 0.232. The molecule has 0 aliphatic rings. The summed E-state index contributed by atoms with van der Waals surface area (Å²) in [6, 6.07) is 18.0. The largest absolute Gasteiger partial charge is 0.361 e. The molecule has 0 bridgehead atoms. The van der Waals surface area contributed by atoms with Gasteiger partial charge in [0.05, 0.1) is 33.2 Å². The zero-order valence-corrected chi connectivity index (χ0v) is 21.6. The first-order valence-electron chi connectivity index (χ1n) is 11.7. The van der Waals surface area contributed by atoms with Crippen molar-refractivity contribution in [2.24, 2.45) is 0 Å². The third-order valence-electron chi connectivity index (χ3n) is 6.05. The zero-order chi connectivity index (χ0) is 26.9. The third kappa shape index (κ3) is 4.91. The number of H-pyrrole nitrogens is 1. The van der Waals surface area contributed by atoms with E-state index in [1.807, 2.05) is 44.2 Å². The first-order valence-corrected chi connectivity index (χ1v) is 12.5. The summed E-state index contributed by atoms with van der Waals surface area (Å²) in [6.45, 7) is 5.50. The summed E-state index contributed by atoms with van der Waals surface area (Å²) < 4.78 is 4.95. The molecule has 3 aromatic heterocycles. The maximum absolute atomic E-state index is 13.2. The molecule has 38 heavy (non-hydrogen) atoms. The van der Waals surface area contributed by atoms with E-state index in [4.69, 9.17) is 4.52 Å². The van der Waals surface area contributed by atoms with E-state index >= 15 is 0 Å². The summed E-state index contributed by atoms with van der Waals surface area (Å²) in [4.78, 5) is 39.9. The Hall–Kier alpha value is -4.77. The number of aromatic nitrogens is 3. The van der Waals surface area contributed by atoms with Gasteiger partial charge in [-0.3, -0.25) is 19.5 Å². The van der Waals surface area contributed by atoms with Gasteiger partial charge in [-0.25, -0.2) is 0 Å². The molecule has 3 amide bonds. The molecule has 5 rings (SSSR count). The fraction of sp³-hybridized carbons (Fsp3) is 0.148. The molecule has 0 aliphatic carbocycles. The molecule has 11 heteroatoms. The van der Waals surface area contributed by atoms with Gasteiger partial charge in [0.25, 0.3) is 17.7 Å². The van der Waals surface area contributed by atoms with Crippen LogP contribution in [0.3, 0.4) is 0 Å². The summed E-state index contributed by atoms with van der Waals surface area (Å²) in [5, 5.41) is 19.9. The van der Waals surface area contributed by atoms with E-state index < -0.39 is 17.4 Å². The molecule has 0 atom stereocenters. The van der Waals surface area contributed by atoms with Crippen molar-refractivity contribution < 1.29 is 18.9 Å². The SMILES string of the molecule is Cc1oncc1C(=O)Nc1ccccc1C(=O)Nc1[nH]nc2sc(C(=O)NC(C)(C)c3ccccc3)cc12. The second-order valence-corrected chi connectivity index (χ2v) is 10.2. The number of benzene rings is 2. The van der Waals surface area contributed by atoms with Crippen molar-refractivity contribution in [1.29, 1.82) is 0 Å². The minimum atomic E-state index is -0.581. The number of nitrogens with one attached hydrogen (secondary N) is 4. The van der Waals surface area contributed by atoms with Crippen LogP contribution in [-0.2, 0) is 5.54 Å².